The minimum absolute atomic E-state index is 0.0868. The summed E-state index contributed by atoms with van der Waals surface area (Å²) in [5, 5.41) is 21.9. The lowest BCUT2D eigenvalue weighted by Gasteiger charge is -2.44. The van der Waals surface area contributed by atoms with Crippen molar-refractivity contribution in [3.8, 4) is 11.8 Å². The van der Waals surface area contributed by atoms with Crippen LogP contribution in [0, 0.1) is 23.7 Å². The van der Waals surface area contributed by atoms with Crippen molar-refractivity contribution in [2.24, 2.45) is 11.8 Å². The van der Waals surface area contributed by atoms with Gasteiger partial charge in [-0.05, 0) is 27.9 Å². The third-order valence-corrected chi connectivity index (χ3v) is 5.97. The van der Waals surface area contributed by atoms with E-state index < -0.39 is 11.2 Å². The number of nitrogens with zero attached hydrogens (tertiary/aromatic N) is 2. The van der Waals surface area contributed by atoms with Gasteiger partial charge >= 0.3 is 0 Å². The predicted octanol–water partition coefficient (Wildman–Crippen LogP) is 1.17. The standard InChI is InChI=1S/C18H32N2O2/c1-13-11-19(5)15(3)9-17(13,21)7-8-18(22)10-16(4)20(6)12-14(18)2/h13-16,21-22H,9-12H2,1-6H3. The Balaban J connectivity index is 2.20. The number of likely N-dealkylation sites (tertiary alicyclic amines) is 2. The van der Waals surface area contributed by atoms with E-state index in [1.54, 1.807) is 0 Å². The van der Waals surface area contributed by atoms with Gasteiger partial charge in [-0.2, -0.15) is 0 Å². The number of piperidine rings is 2. The molecule has 0 spiro atoms. The maximum absolute atomic E-state index is 11.0. The number of hydrogen-bond donors (Lipinski definition) is 2. The Hall–Kier alpha value is -0.600. The SMILES string of the molecule is CC1CC(O)(C#CC2(O)CC(C)N(C)CC2C)C(C)CN1C. The smallest absolute Gasteiger partial charge is 0.130 e. The molecule has 0 amide bonds. The second-order valence-electron chi connectivity index (χ2n) is 7.89. The molecule has 2 fully saturated rings. The average molecular weight is 308 g/mol. The molecule has 6 unspecified atom stereocenters. The predicted molar refractivity (Wildman–Crippen MR) is 89.4 cm³/mol. The fourth-order valence-electron chi connectivity index (χ4n) is 3.71. The van der Waals surface area contributed by atoms with Crippen molar-refractivity contribution in [1.82, 2.24) is 9.80 Å². The second kappa shape index (κ2) is 6.13. The average Bonchev–Trinajstić information content (AvgIpc) is 2.42. The maximum atomic E-state index is 11.0. The van der Waals surface area contributed by atoms with Crippen LogP contribution in [-0.4, -0.2) is 70.5 Å². The first kappa shape index (κ1) is 17.7. The molecule has 2 aliphatic heterocycles. The van der Waals surface area contributed by atoms with Crippen LogP contribution in [0.5, 0.6) is 0 Å². The van der Waals surface area contributed by atoms with Gasteiger partial charge in [-0.25, -0.2) is 0 Å². The van der Waals surface area contributed by atoms with Gasteiger partial charge in [0, 0.05) is 49.9 Å². The van der Waals surface area contributed by atoms with Crippen LogP contribution in [0.2, 0.25) is 0 Å². The number of aliphatic hydroxyl groups is 2. The van der Waals surface area contributed by atoms with Gasteiger partial charge in [-0.15, -0.1) is 0 Å². The molecule has 2 heterocycles. The number of hydrogen-bond acceptors (Lipinski definition) is 4. The maximum Gasteiger partial charge on any atom is 0.130 e. The third kappa shape index (κ3) is 3.33. The van der Waals surface area contributed by atoms with Gasteiger partial charge in [-0.3, -0.25) is 0 Å². The molecule has 2 aliphatic rings. The van der Waals surface area contributed by atoms with Crippen molar-refractivity contribution in [2.75, 3.05) is 27.2 Å². The van der Waals surface area contributed by atoms with E-state index in [4.69, 9.17) is 0 Å². The highest BCUT2D eigenvalue weighted by molar-refractivity contribution is 5.26. The van der Waals surface area contributed by atoms with Crippen molar-refractivity contribution in [2.45, 2.75) is 63.8 Å². The molecule has 2 N–H and O–H groups in total. The molecule has 4 nitrogen and oxygen atoms in total. The summed E-state index contributed by atoms with van der Waals surface area (Å²) in [6.07, 6.45) is 1.27. The van der Waals surface area contributed by atoms with E-state index >= 15 is 0 Å². The Kier molecular flexibility index (Phi) is 4.94. The van der Waals surface area contributed by atoms with Gasteiger partial charge < -0.3 is 20.0 Å². The summed E-state index contributed by atoms with van der Waals surface area (Å²) >= 11 is 0. The highest BCUT2D eigenvalue weighted by Crippen LogP contribution is 2.33. The lowest BCUT2D eigenvalue weighted by atomic mass is 9.76. The minimum atomic E-state index is -0.992. The molecule has 0 aromatic carbocycles. The topological polar surface area (TPSA) is 46.9 Å². The Morgan fingerprint density at radius 1 is 0.773 bits per heavy atom. The first-order valence-electron chi connectivity index (χ1n) is 8.47. The monoisotopic (exact) mass is 308 g/mol. The molecule has 22 heavy (non-hydrogen) atoms. The Bertz CT molecular complexity index is 431. The molecule has 126 valence electrons. The zero-order valence-corrected chi connectivity index (χ0v) is 14.9. The van der Waals surface area contributed by atoms with Crippen LogP contribution in [0.4, 0.5) is 0 Å². The molecule has 2 saturated heterocycles. The van der Waals surface area contributed by atoms with Gasteiger partial charge in [0.15, 0.2) is 0 Å². The van der Waals surface area contributed by atoms with Crippen LogP contribution in [0.15, 0.2) is 0 Å². The zero-order chi connectivity index (χ0) is 16.7. The Morgan fingerprint density at radius 3 is 1.41 bits per heavy atom. The molecular weight excluding hydrogens is 276 g/mol. The minimum Gasteiger partial charge on any atom is -0.377 e. The summed E-state index contributed by atoms with van der Waals surface area (Å²) in [7, 11) is 4.17. The summed E-state index contributed by atoms with van der Waals surface area (Å²) in [5.41, 5.74) is -1.98. The van der Waals surface area contributed by atoms with E-state index in [2.05, 4.69) is 49.6 Å². The Labute approximate surface area is 135 Å². The van der Waals surface area contributed by atoms with Crippen LogP contribution in [-0.2, 0) is 0 Å². The van der Waals surface area contributed by atoms with Gasteiger partial charge in [0.05, 0.1) is 0 Å². The molecule has 0 aromatic heterocycles. The van der Waals surface area contributed by atoms with Crippen molar-refractivity contribution in [3.05, 3.63) is 0 Å². The molecule has 2 rings (SSSR count). The zero-order valence-electron chi connectivity index (χ0n) is 14.9. The van der Waals surface area contributed by atoms with E-state index in [9.17, 15) is 10.2 Å². The normalized spacial score (nSPS) is 47.8. The first-order chi connectivity index (χ1) is 10.1. The van der Waals surface area contributed by atoms with E-state index in [1.807, 2.05) is 13.8 Å². The largest absolute Gasteiger partial charge is 0.377 e. The van der Waals surface area contributed by atoms with Gasteiger partial charge in [0.25, 0.3) is 0 Å². The summed E-state index contributed by atoms with van der Waals surface area (Å²) in [5.74, 6) is 6.34. The first-order valence-corrected chi connectivity index (χ1v) is 8.47. The van der Waals surface area contributed by atoms with Gasteiger partial charge in [0.2, 0.25) is 0 Å². The van der Waals surface area contributed by atoms with Crippen LogP contribution in [0.25, 0.3) is 0 Å². The summed E-state index contributed by atoms with van der Waals surface area (Å²) in [6, 6.07) is 0.609. The third-order valence-electron chi connectivity index (χ3n) is 5.97. The van der Waals surface area contributed by atoms with Crippen LogP contribution < -0.4 is 0 Å². The summed E-state index contributed by atoms with van der Waals surface area (Å²) in [6.45, 7) is 9.99. The molecule has 4 heteroatoms. The fourth-order valence-corrected chi connectivity index (χ4v) is 3.71. The van der Waals surface area contributed by atoms with Crippen LogP contribution in [0.3, 0.4) is 0 Å². The number of rotatable bonds is 0. The molecule has 0 saturated carbocycles. The van der Waals surface area contributed by atoms with Crippen molar-refractivity contribution >= 4 is 0 Å². The quantitative estimate of drug-likeness (QED) is 0.660. The van der Waals surface area contributed by atoms with Crippen molar-refractivity contribution < 1.29 is 10.2 Å². The van der Waals surface area contributed by atoms with Crippen LogP contribution in [0.1, 0.15) is 40.5 Å². The fraction of sp³-hybridized carbons (Fsp3) is 0.889. The van der Waals surface area contributed by atoms with Crippen molar-refractivity contribution in [3.63, 3.8) is 0 Å². The van der Waals surface area contributed by atoms with E-state index in [1.165, 1.54) is 0 Å². The lowest BCUT2D eigenvalue weighted by molar-refractivity contribution is -0.0432. The molecular formula is C18H32N2O2. The van der Waals surface area contributed by atoms with Crippen molar-refractivity contribution in [1.29, 1.82) is 0 Å². The molecule has 0 radical (unpaired) electrons. The molecule has 6 atom stereocenters. The highest BCUT2D eigenvalue weighted by Gasteiger charge is 2.43. The van der Waals surface area contributed by atoms with Crippen LogP contribution >= 0.6 is 0 Å². The van der Waals surface area contributed by atoms with Gasteiger partial charge in [0.1, 0.15) is 11.2 Å². The van der Waals surface area contributed by atoms with Gasteiger partial charge in [-0.1, -0.05) is 25.7 Å². The summed E-state index contributed by atoms with van der Waals surface area (Å²) < 4.78 is 0. The summed E-state index contributed by atoms with van der Waals surface area (Å²) in [4.78, 5) is 4.52. The highest BCUT2D eigenvalue weighted by atomic mass is 16.3. The van der Waals surface area contributed by atoms with E-state index in [0.29, 0.717) is 24.9 Å². The molecule has 0 aromatic rings. The molecule has 0 bridgehead atoms. The molecule has 0 aliphatic carbocycles. The second-order valence-corrected chi connectivity index (χ2v) is 7.89. The van der Waals surface area contributed by atoms with E-state index in [0.717, 1.165) is 13.1 Å². The lowest BCUT2D eigenvalue weighted by Crippen LogP contribution is -2.54. The van der Waals surface area contributed by atoms with E-state index in [-0.39, 0.29) is 11.8 Å². The Morgan fingerprint density at radius 2 is 1.09 bits per heavy atom.